The van der Waals surface area contributed by atoms with E-state index >= 15 is 0 Å². The van der Waals surface area contributed by atoms with E-state index in [-0.39, 0.29) is 24.3 Å². The molecule has 1 aliphatic rings. The van der Waals surface area contributed by atoms with E-state index in [1.165, 1.54) is 12.3 Å². The maximum atomic E-state index is 14.1. The van der Waals surface area contributed by atoms with Crippen molar-refractivity contribution in [2.24, 2.45) is 0 Å². The fourth-order valence-electron chi connectivity index (χ4n) is 3.75. The summed E-state index contributed by atoms with van der Waals surface area (Å²) in [7, 11) is 0. The highest BCUT2D eigenvalue weighted by Crippen LogP contribution is 2.27. The molecule has 6 nitrogen and oxygen atoms in total. The van der Waals surface area contributed by atoms with Crippen LogP contribution in [0.1, 0.15) is 22.4 Å². The molecule has 2 heterocycles. The molecule has 1 amide bonds. The van der Waals surface area contributed by atoms with Gasteiger partial charge in [0, 0.05) is 24.0 Å². The Morgan fingerprint density at radius 1 is 1.19 bits per heavy atom. The highest BCUT2D eigenvalue weighted by Gasteiger charge is 2.22. The van der Waals surface area contributed by atoms with Gasteiger partial charge in [0.1, 0.15) is 5.82 Å². The second-order valence-corrected chi connectivity index (χ2v) is 7.54. The quantitative estimate of drug-likeness (QED) is 0.573. The fraction of sp³-hybridized carbons (Fsp3) is 0.292. The predicted molar refractivity (Wildman–Crippen MR) is 115 cm³/mol. The number of benzene rings is 2. The highest BCUT2D eigenvalue weighted by atomic mass is 19.1. The Bertz CT molecular complexity index is 1110. The molecule has 162 valence electrons. The van der Waals surface area contributed by atoms with E-state index in [0.717, 1.165) is 27.8 Å². The van der Waals surface area contributed by atoms with Crippen molar-refractivity contribution < 1.29 is 23.4 Å². The van der Waals surface area contributed by atoms with Crippen molar-refractivity contribution in [2.45, 2.75) is 33.0 Å². The Morgan fingerprint density at radius 2 is 2.00 bits per heavy atom. The average Bonchev–Trinajstić information content (AvgIpc) is 3.35. The van der Waals surface area contributed by atoms with E-state index in [0.29, 0.717) is 24.9 Å². The molecule has 0 saturated carbocycles. The Balaban J connectivity index is 1.22. The molecule has 4 rings (SSSR count). The number of hydrogen-bond acceptors (Lipinski definition) is 4. The van der Waals surface area contributed by atoms with Crippen LogP contribution in [0, 0.1) is 19.7 Å². The monoisotopic (exact) mass is 424 g/mol. The van der Waals surface area contributed by atoms with E-state index in [9.17, 15) is 9.18 Å². The summed E-state index contributed by atoms with van der Waals surface area (Å²) in [5.74, 6) is -0.351. The normalized spacial score (nSPS) is 15.3. The number of hydrogen-bond donors (Lipinski definition) is 2. The van der Waals surface area contributed by atoms with Crippen molar-refractivity contribution in [2.75, 3.05) is 13.2 Å². The summed E-state index contributed by atoms with van der Waals surface area (Å²) in [6, 6.07) is 13.1. The first-order valence-corrected chi connectivity index (χ1v) is 10.2. The topological polar surface area (TPSA) is 72.6 Å². The smallest absolute Gasteiger partial charge is 0.319 e. The molecule has 0 radical (unpaired) electrons. The lowest BCUT2D eigenvalue weighted by Crippen LogP contribution is -2.29. The van der Waals surface area contributed by atoms with Gasteiger partial charge in [0.25, 0.3) is 5.91 Å². The molecular formula is C24H25FN2O4. The van der Waals surface area contributed by atoms with E-state index in [1.54, 1.807) is 6.07 Å². The minimum absolute atomic E-state index is 0.173. The SMILES string of the molecule is Cc1[nH]c2c(F)ccc(C)c2c1CCNC(=O)COC1=COC(Cc2ccccc2)O1. The van der Waals surface area contributed by atoms with Crippen molar-refractivity contribution in [3.05, 3.63) is 82.9 Å². The van der Waals surface area contributed by atoms with Gasteiger partial charge < -0.3 is 24.5 Å². The Kier molecular flexibility index (Phi) is 6.11. The molecule has 1 unspecified atom stereocenters. The molecule has 3 aromatic rings. The van der Waals surface area contributed by atoms with Gasteiger partial charge in [-0.05, 0) is 43.0 Å². The van der Waals surface area contributed by atoms with Gasteiger partial charge in [-0.25, -0.2) is 4.39 Å². The van der Waals surface area contributed by atoms with Crippen molar-refractivity contribution >= 4 is 16.8 Å². The Labute approximate surface area is 180 Å². The number of carbonyl (C=O) groups is 1. The highest BCUT2D eigenvalue weighted by molar-refractivity contribution is 5.88. The standard InChI is InChI=1S/C24H25FN2O4/c1-15-8-9-19(25)24-23(15)18(16(2)27-24)10-11-26-20(28)13-29-22-14-30-21(31-22)12-17-6-4-3-5-7-17/h3-9,14,21,27H,10-13H2,1-2H3,(H,26,28). The van der Waals surface area contributed by atoms with Gasteiger partial charge in [-0.3, -0.25) is 4.79 Å². The lowest BCUT2D eigenvalue weighted by atomic mass is 10.0. The van der Waals surface area contributed by atoms with E-state index in [2.05, 4.69) is 10.3 Å². The van der Waals surface area contributed by atoms with Crippen LogP contribution < -0.4 is 5.32 Å². The van der Waals surface area contributed by atoms with Crippen LogP contribution in [0.2, 0.25) is 0 Å². The summed E-state index contributed by atoms with van der Waals surface area (Å²) >= 11 is 0. The molecule has 1 aromatic heterocycles. The number of nitrogens with one attached hydrogen (secondary N) is 2. The number of H-pyrrole nitrogens is 1. The summed E-state index contributed by atoms with van der Waals surface area (Å²) in [5.41, 5.74) is 4.51. The number of rotatable bonds is 8. The Hall–Kier alpha value is -3.48. The molecule has 2 aromatic carbocycles. The second-order valence-electron chi connectivity index (χ2n) is 7.54. The fourth-order valence-corrected chi connectivity index (χ4v) is 3.75. The predicted octanol–water partition coefficient (Wildman–Crippen LogP) is 4.01. The first kappa shape index (κ1) is 20.8. The molecule has 1 atom stereocenters. The first-order chi connectivity index (χ1) is 15.0. The molecule has 7 heteroatoms. The number of aromatic amines is 1. The number of halogens is 1. The average molecular weight is 424 g/mol. The molecule has 0 fully saturated rings. The van der Waals surface area contributed by atoms with Crippen LogP contribution in [0.15, 0.2) is 54.7 Å². The van der Waals surface area contributed by atoms with Gasteiger partial charge >= 0.3 is 5.95 Å². The van der Waals surface area contributed by atoms with E-state index in [4.69, 9.17) is 14.2 Å². The minimum Gasteiger partial charge on any atom is -0.455 e. The lowest BCUT2D eigenvalue weighted by molar-refractivity contribution is -0.128. The number of ether oxygens (including phenoxy) is 3. The van der Waals surface area contributed by atoms with Crippen molar-refractivity contribution in [1.82, 2.24) is 10.3 Å². The summed E-state index contributed by atoms with van der Waals surface area (Å²) in [5, 5.41) is 3.71. The molecule has 1 aliphatic heterocycles. The molecule has 0 saturated heterocycles. The molecule has 2 N–H and O–H groups in total. The van der Waals surface area contributed by atoms with Crippen LogP contribution in [0.5, 0.6) is 0 Å². The van der Waals surface area contributed by atoms with Crippen LogP contribution in [-0.4, -0.2) is 30.3 Å². The summed E-state index contributed by atoms with van der Waals surface area (Å²) in [4.78, 5) is 15.3. The Morgan fingerprint density at radius 3 is 2.81 bits per heavy atom. The third-order valence-electron chi connectivity index (χ3n) is 5.28. The van der Waals surface area contributed by atoms with Crippen LogP contribution >= 0.6 is 0 Å². The number of amides is 1. The van der Waals surface area contributed by atoms with Crippen LogP contribution in [0.3, 0.4) is 0 Å². The summed E-state index contributed by atoms with van der Waals surface area (Å²) in [6.07, 6.45) is 2.09. The number of aromatic nitrogens is 1. The van der Waals surface area contributed by atoms with Gasteiger partial charge in [-0.15, -0.1) is 0 Å². The third kappa shape index (κ3) is 4.82. The second kappa shape index (κ2) is 9.12. The van der Waals surface area contributed by atoms with Crippen LogP contribution in [0.4, 0.5) is 4.39 Å². The number of fused-ring (bicyclic) bond motifs is 1. The van der Waals surface area contributed by atoms with Gasteiger partial charge in [-0.1, -0.05) is 36.4 Å². The van der Waals surface area contributed by atoms with Gasteiger partial charge in [-0.2, -0.15) is 0 Å². The molecule has 0 spiro atoms. The van der Waals surface area contributed by atoms with Gasteiger partial charge in [0.2, 0.25) is 6.29 Å². The molecule has 0 bridgehead atoms. The molecule has 31 heavy (non-hydrogen) atoms. The largest absolute Gasteiger partial charge is 0.455 e. The number of aryl methyl sites for hydroxylation is 2. The van der Waals surface area contributed by atoms with E-state index < -0.39 is 6.29 Å². The maximum Gasteiger partial charge on any atom is 0.319 e. The van der Waals surface area contributed by atoms with Crippen LogP contribution in [0.25, 0.3) is 10.9 Å². The minimum atomic E-state index is -0.464. The maximum absolute atomic E-state index is 14.1. The molecule has 0 aliphatic carbocycles. The number of carbonyl (C=O) groups excluding carboxylic acids is 1. The van der Waals surface area contributed by atoms with Crippen molar-refractivity contribution in [3.63, 3.8) is 0 Å². The zero-order valence-corrected chi connectivity index (χ0v) is 17.5. The summed E-state index contributed by atoms with van der Waals surface area (Å²) < 4.78 is 30.5. The zero-order valence-electron chi connectivity index (χ0n) is 17.5. The summed E-state index contributed by atoms with van der Waals surface area (Å²) in [6.45, 7) is 4.11. The van der Waals surface area contributed by atoms with Crippen molar-refractivity contribution in [3.8, 4) is 0 Å². The first-order valence-electron chi connectivity index (χ1n) is 10.2. The van der Waals surface area contributed by atoms with Gasteiger partial charge in [0.15, 0.2) is 12.9 Å². The lowest BCUT2D eigenvalue weighted by Gasteiger charge is -2.12. The van der Waals surface area contributed by atoms with E-state index in [1.807, 2.05) is 44.2 Å². The molecular weight excluding hydrogens is 399 g/mol. The van der Waals surface area contributed by atoms with Gasteiger partial charge in [0.05, 0.1) is 5.52 Å². The zero-order chi connectivity index (χ0) is 21.8. The van der Waals surface area contributed by atoms with Crippen molar-refractivity contribution in [1.29, 1.82) is 0 Å². The van der Waals surface area contributed by atoms with Crippen LogP contribution in [-0.2, 0) is 31.8 Å². The third-order valence-corrected chi connectivity index (χ3v) is 5.28.